The summed E-state index contributed by atoms with van der Waals surface area (Å²) in [4.78, 5) is 28.0. The topological polar surface area (TPSA) is 94.1 Å². The number of benzene rings is 1. The Bertz CT molecular complexity index is 943. The summed E-state index contributed by atoms with van der Waals surface area (Å²) >= 11 is 9.64. The molecule has 0 bridgehead atoms. The number of nitrogens with one attached hydrogen (secondary N) is 1. The fraction of sp³-hybridized carbons (Fsp3) is 0.188. The van der Waals surface area contributed by atoms with Gasteiger partial charge in [-0.3, -0.25) is 14.9 Å². The Balaban J connectivity index is 1.59. The number of rotatable bonds is 7. The number of thiazole rings is 1. The van der Waals surface area contributed by atoms with Gasteiger partial charge in [0.15, 0.2) is 4.34 Å². The number of thioether (sulfide) groups is 1. The van der Waals surface area contributed by atoms with Gasteiger partial charge in [0, 0.05) is 16.0 Å². The van der Waals surface area contributed by atoms with Crippen molar-refractivity contribution in [2.45, 2.75) is 11.3 Å². The summed E-state index contributed by atoms with van der Waals surface area (Å²) in [6.07, 6.45) is 0. The van der Waals surface area contributed by atoms with Gasteiger partial charge in [-0.05, 0) is 19.1 Å². The van der Waals surface area contributed by atoms with Crippen LogP contribution in [0, 0.1) is 0 Å². The number of carbonyl (C=O) groups is 2. The molecule has 3 aromatic rings. The van der Waals surface area contributed by atoms with Gasteiger partial charge < -0.3 is 4.74 Å². The number of ether oxygens (including phenoxy) is 1. The first kappa shape index (κ1) is 19.7. The molecule has 140 valence electrons. The van der Waals surface area contributed by atoms with Crippen molar-refractivity contribution >= 4 is 63.0 Å². The van der Waals surface area contributed by atoms with Gasteiger partial charge in [-0.15, -0.1) is 21.5 Å². The zero-order valence-electron chi connectivity index (χ0n) is 14.0. The van der Waals surface area contributed by atoms with E-state index in [1.54, 1.807) is 24.4 Å². The predicted molar refractivity (Wildman–Crippen MR) is 108 cm³/mol. The molecule has 0 unspecified atom stereocenters. The molecule has 2 heterocycles. The molecule has 27 heavy (non-hydrogen) atoms. The summed E-state index contributed by atoms with van der Waals surface area (Å²) in [5, 5.41) is 13.9. The highest BCUT2D eigenvalue weighted by Gasteiger charge is 2.15. The summed E-state index contributed by atoms with van der Waals surface area (Å²) in [6, 6.07) is 7.24. The Kier molecular flexibility index (Phi) is 6.78. The third kappa shape index (κ3) is 5.48. The Hall–Kier alpha value is -2.01. The zero-order valence-corrected chi connectivity index (χ0v) is 17.2. The predicted octanol–water partition coefficient (Wildman–Crippen LogP) is 4.22. The lowest BCUT2D eigenvalue weighted by Gasteiger charge is -1.98. The third-order valence-electron chi connectivity index (χ3n) is 3.07. The molecule has 0 spiro atoms. The Morgan fingerprint density at radius 2 is 2.04 bits per heavy atom. The van der Waals surface area contributed by atoms with Crippen LogP contribution in [0.15, 0.2) is 34.0 Å². The Morgan fingerprint density at radius 1 is 1.26 bits per heavy atom. The van der Waals surface area contributed by atoms with Crippen molar-refractivity contribution in [1.82, 2.24) is 15.2 Å². The second-order valence-corrected chi connectivity index (χ2v) is 8.46. The Labute approximate surface area is 172 Å². The number of anilines is 1. The van der Waals surface area contributed by atoms with Gasteiger partial charge in [0.1, 0.15) is 10.7 Å². The molecule has 0 saturated carbocycles. The van der Waals surface area contributed by atoms with Crippen molar-refractivity contribution in [2.75, 3.05) is 17.7 Å². The van der Waals surface area contributed by atoms with Crippen molar-refractivity contribution in [2.24, 2.45) is 0 Å². The standard InChI is InChI=1S/C16H13ClN4O3S3/c1-2-24-12(22)8-26-16-21-20-15(27-16)19-13(23)11-7-25-14(18-11)9-3-5-10(17)6-4-9/h3-7H,2,8H2,1H3,(H,19,20,23). The highest BCUT2D eigenvalue weighted by atomic mass is 35.5. The number of nitrogens with zero attached hydrogens (tertiary/aromatic N) is 3. The summed E-state index contributed by atoms with van der Waals surface area (Å²) < 4.78 is 5.42. The van der Waals surface area contributed by atoms with Crippen molar-refractivity contribution in [1.29, 1.82) is 0 Å². The molecule has 1 N–H and O–H groups in total. The maximum absolute atomic E-state index is 12.3. The quantitative estimate of drug-likeness (QED) is 0.334. The van der Waals surface area contributed by atoms with Gasteiger partial charge >= 0.3 is 5.97 Å². The van der Waals surface area contributed by atoms with Crippen LogP contribution in [0.1, 0.15) is 17.4 Å². The van der Waals surface area contributed by atoms with Gasteiger partial charge in [0.2, 0.25) is 5.13 Å². The van der Waals surface area contributed by atoms with Crippen molar-refractivity contribution < 1.29 is 14.3 Å². The first-order valence-electron chi connectivity index (χ1n) is 7.70. The fourth-order valence-electron chi connectivity index (χ4n) is 1.91. The molecule has 3 rings (SSSR count). The average Bonchev–Trinajstić information content (AvgIpc) is 3.30. The molecule has 7 nitrogen and oxygen atoms in total. The number of hydrogen-bond acceptors (Lipinski definition) is 9. The molecule has 1 amide bonds. The van der Waals surface area contributed by atoms with Crippen LogP contribution in [0.5, 0.6) is 0 Å². The number of halogens is 1. The van der Waals surface area contributed by atoms with Crippen molar-refractivity contribution in [3.05, 3.63) is 40.4 Å². The number of aromatic nitrogens is 3. The van der Waals surface area contributed by atoms with Crippen LogP contribution in [0.3, 0.4) is 0 Å². The van der Waals surface area contributed by atoms with Gasteiger partial charge in [-0.1, -0.05) is 46.8 Å². The molecular weight excluding hydrogens is 428 g/mol. The first-order chi connectivity index (χ1) is 13.0. The molecule has 0 aliphatic carbocycles. The van der Waals surface area contributed by atoms with Gasteiger partial charge in [-0.2, -0.15) is 0 Å². The van der Waals surface area contributed by atoms with Crippen LogP contribution < -0.4 is 5.32 Å². The van der Waals surface area contributed by atoms with E-state index in [0.717, 1.165) is 10.6 Å². The van der Waals surface area contributed by atoms with E-state index in [1.165, 1.54) is 34.4 Å². The molecule has 0 saturated heterocycles. The highest BCUT2D eigenvalue weighted by molar-refractivity contribution is 8.01. The van der Waals surface area contributed by atoms with Gasteiger partial charge in [0.25, 0.3) is 5.91 Å². The highest BCUT2D eigenvalue weighted by Crippen LogP contribution is 2.27. The van der Waals surface area contributed by atoms with E-state index < -0.39 is 0 Å². The smallest absolute Gasteiger partial charge is 0.316 e. The minimum Gasteiger partial charge on any atom is -0.465 e. The minimum atomic E-state index is -0.371. The normalized spacial score (nSPS) is 10.6. The molecule has 0 aliphatic heterocycles. The molecular formula is C16H13ClN4O3S3. The van der Waals surface area contributed by atoms with Crippen LogP contribution >= 0.6 is 46.0 Å². The SMILES string of the molecule is CCOC(=O)CSc1nnc(NC(=O)c2csc(-c3ccc(Cl)cc3)n2)s1. The lowest BCUT2D eigenvalue weighted by atomic mass is 10.2. The van der Waals surface area contributed by atoms with Crippen LogP contribution in [-0.4, -0.2) is 39.4 Å². The second kappa shape index (κ2) is 9.27. The first-order valence-corrected chi connectivity index (χ1v) is 10.8. The number of carbonyl (C=O) groups excluding carboxylic acids is 2. The monoisotopic (exact) mass is 440 g/mol. The van der Waals surface area contributed by atoms with E-state index in [9.17, 15) is 9.59 Å². The largest absolute Gasteiger partial charge is 0.465 e. The lowest BCUT2D eigenvalue weighted by Crippen LogP contribution is -2.12. The van der Waals surface area contributed by atoms with E-state index in [1.807, 2.05) is 12.1 Å². The van der Waals surface area contributed by atoms with Gasteiger partial charge in [0.05, 0.1) is 12.4 Å². The average molecular weight is 441 g/mol. The molecule has 0 atom stereocenters. The van der Waals surface area contributed by atoms with E-state index in [2.05, 4.69) is 20.5 Å². The maximum atomic E-state index is 12.3. The molecule has 0 radical (unpaired) electrons. The van der Waals surface area contributed by atoms with E-state index in [0.29, 0.717) is 26.8 Å². The number of hydrogen-bond donors (Lipinski definition) is 1. The van der Waals surface area contributed by atoms with Crippen LogP contribution in [-0.2, 0) is 9.53 Å². The summed E-state index contributed by atoms with van der Waals surface area (Å²) in [5.41, 5.74) is 1.18. The lowest BCUT2D eigenvalue weighted by molar-refractivity contribution is -0.139. The molecule has 2 aromatic heterocycles. The van der Waals surface area contributed by atoms with E-state index in [-0.39, 0.29) is 17.6 Å². The Morgan fingerprint density at radius 3 is 2.78 bits per heavy atom. The number of amides is 1. The molecule has 0 fully saturated rings. The molecule has 1 aromatic carbocycles. The van der Waals surface area contributed by atoms with E-state index >= 15 is 0 Å². The molecule has 0 aliphatic rings. The third-order valence-corrected chi connectivity index (χ3v) is 6.16. The van der Waals surface area contributed by atoms with Crippen LogP contribution in [0.2, 0.25) is 5.02 Å². The summed E-state index contributed by atoms with van der Waals surface area (Å²) in [6.45, 7) is 2.08. The zero-order chi connectivity index (χ0) is 19.2. The van der Waals surface area contributed by atoms with Crippen LogP contribution in [0.4, 0.5) is 5.13 Å². The second-order valence-electron chi connectivity index (χ2n) is 4.97. The summed E-state index contributed by atoms with van der Waals surface area (Å²) in [5.74, 6) is -0.544. The maximum Gasteiger partial charge on any atom is 0.316 e. The molecule has 11 heteroatoms. The number of esters is 1. The fourth-order valence-corrected chi connectivity index (χ4v) is 4.38. The van der Waals surface area contributed by atoms with Crippen molar-refractivity contribution in [3.63, 3.8) is 0 Å². The van der Waals surface area contributed by atoms with E-state index in [4.69, 9.17) is 16.3 Å². The van der Waals surface area contributed by atoms with Crippen molar-refractivity contribution in [3.8, 4) is 10.6 Å². The minimum absolute atomic E-state index is 0.146. The van der Waals surface area contributed by atoms with Gasteiger partial charge in [-0.25, -0.2) is 4.98 Å². The summed E-state index contributed by atoms with van der Waals surface area (Å²) in [7, 11) is 0. The van der Waals surface area contributed by atoms with Crippen LogP contribution in [0.25, 0.3) is 10.6 Å².